The van der Waals surface area contributed by atoms with Crippen molar-refractivity contribution in [1.29, 1.82) is 0 Å². The van der Waals surface area contributed by atoms with Crippen molar-refractivity contribution >= 4 is 40.8 Å². The van der Waals surface area contributed by atoms with Gasteiger partial charge < -0.3 is 39.4 Å². The topological polar surface area (TPSA) is 216 Å². The van der Waals surface area contributed by atoms with Crippen LogP contribution in [-0.4, -0.2) is 163 Å². The lowest BCUT2D eigenvalue weighted by molar-refractivity contribution is -0.156. The van der Waals surface area contributed by atoms with E-state index >= 15 is 0 Å². The molecule has 3 aromatic heterocycles. The smallest absolute Gasteiger partial charge is 0.298 e. The van der Waals surface area contributed by atoms with Gasteiger partial charge in [-0.1, -0.05) is 33.6 Å². The molecule has 4 atom stereocenters. The minimum absolute atomic E-state index is 0.0300. The van der Waals surface area contributed by atoms with Crippen LogP contribution < -0.4 is 10.7 Å². The number of hydrogen-bond donors (Lipinski definition) is 4. The van der Waals surface area contributed by atoms with E-state index in [1.165, 1.54) is 34.3 Å². The molecule has 0 saturated carbocycles. The van der Waals surface area contributed by atoms with Crippen molar-refractivity contribution in [3.8, 4) is 40.1 Å². The first-order valence-corrected chi connectivity index (χ1v) is 23.2. The number of aromatic nitrogens is 4. The van der Waals surface area contributed by atoms with Crippen molar-refractivity contribution in [2.24, 2.45) is 11.3 Å². The van der Waals surface area contributed by atoms with Gasteiger partial charge in [-0.05, 0) is 92.9 Å². The van der Waals surface area contributed by atoms with Crippen LogP contribution in [0.1, 0.15) is 65.0 Å². The number of carbonyl (C=O) groups is 5. The molecule has 3 aliphatic heterocycles. The average Bonchev–Trinajstić information content (AvgIpc) is 3.85. The van der Waals surface area contributed by atoms with Crippen LogP contribution in [-0.2, 0) is 48.1 Å². The lowest BCUT2D eigenvalue weighted by Crippen LogP contribution is -2.66. The number of phenolic OH excluding ortho intramolecular Hbond substituents is 1. The van der Waals surface area contributed by atoms with Crippen LogP contribution >= 0.6 is 0 Å². The maximum atomic E-state index is 14.9. The second-order valence-corrected chi connectivity index (χ2v) is 19.9. The number of likely N-dealkylation sites (tertiary alicyclic amines) is 1. The number of carbonyl (C=O) groups excluding carboxylic acids is 5. The molecule has 1 unspecified atom stereocenters. The summed E-state index contributed by atoms with van der Waals surface area (Å²) in [5, 5.41) is 28.2. The molecule has 0 aliphatic carbocycles. The van der Waals surface area contributed by atoms with Gasteiger partial charge in [0.2, 0.25) is 5.91 Å². The van der Waals surface area contributed by atoms with Gasteiger partial charge in [-0.15, -0.1) is 0 Å². The van der Waals surface area contributed by atoms with E-state index in [1.54, 1.807) is 32.3 Å². The number of likely N-dealkylation sites (N-methyl/N-ethyl adjacent to an activating group) is 1. The standard InChI is InChI=1S/C50H64N10O8/c1-9-59-41-26-53-39-22-37(41)38(44(59)35-24-51-31-52-25-35)23-48(4,5)29-68-30-49(28-61)13-11-16-60(55-49)46(65)40(20-33-18-34(39)21-36(62)19-33)54-45(64)43(32(2)3)57(8)47(66)50(67)14-17-58(27-50)42(63)12-10-15-56(6)7/h18-19,21-22,24-26,28,31-32,40,43,55,62,67H,9,11,13-17,20,23,27,29-30H2,1-8H3,(H,54,64)/t40-,43-,49-,50?/m0/s1. The third-order valence-corrected chi connectivity index (χ3v) is 13.1. The molecular weight excluding hydrogens is 869 g/mol. The van der Waals surface area contributed by atoms with Crippen LogP contribution in [0.3, 0.4) is 0 Å². The van der Waals surface area contributed by atoms with Crippen molar-refractivity contribution < 1.29 is 38.9 Å². The first-order valence-electron chi connectivity index (χ1n) is 23.2. The number of pyridine rings is 1. The molecule has 3 aliphatic rings. The van der Waals surface area contributed by atoms with Crippen LogP contribution in [0.4, 0.5) is 0 Å². The van der Waals surface area contributed by atoms with Crippen LogP contribution in [0, 0.1) is 23.2 Å². The van der Waals surface area contributed by atoms with Gasteiger partial charge in [-0.25, -0.2) is 15.4 Å². The van der Waals surface area contributed by atoms with E-state index in [1.807, 2.05) is 37.3 Å². The van der Waals surface area contributed by atoms with E-state index in [2.05, 4.69) is 57.9 Å². The Balaban J connectivity index is 1.26. The monoisotopic (exact) mass is 932 g/mol. The number of hydrogen-bond acceptors (Lipinski definition) is 13. The Morgan fingerprint density at radius 1 is 1.04 bits per heavy atom. The van der Waals surface area contributed by atoms with Crippen molar-refractivity contribution in [2.75, 3.05) is 60.5 Å². The van der Waals surface area contributed by atoms with Gasteiger partial charge in [0.25, 0.3) is 17.7 Å². The fourth-order valence-corrected chi connectivity index (χ4v) is 9.79. The third-order valence-electron chi connectivity index (χ3n) is 13.1. The highest BCUT2D eigenvalue weighted by Gasteiger charge is 2.48. The van der Waals surface area contributed by atoms with E-state index in [0.29, 0.717) is 49.2 Å². The first-order chi connectivity index (χ1) is 32.3. The third kappa shape index (κ3) is 10.6. The molecule has 6 bridgehead atoms. The number of nitrogens with zero attached hydrogens (tertiary/aromatic N) is 8. The largest absolute Gasteiger partial charge is 0.508 e. The zero-order valence-electron chi connectivity index (χ0n) is 40.3. The second kappa shape index (κ2) is 20.1. The van der Waals surface area contributed by atoms with Crippen LogP contribution in [0.25, 0.3) is 33.4 Å². The van der Waals surface area contributed by atoms with Gasteiger partial charge in [0.1, 0.15) is 36.0 Å². The van der Waals surface area contributed by atoms with E-state index < -0.39 is 58.2 Å². The number of phenols is 1. The Hall–Kier alpha value is -6.26. The number of aldehydes is 1. The summed E-state index contributed by atoms with van der Waals surface area (Å²) in [6.07, 6.45) is 8.94. The molecule has 4 amide bonds. The summed E-state index contributed by atoms with van der Waals surface area (Å²) >= 11 is 0. The molecule has 4 aromatic rings. The van der Waals surface area contributed by atoms with E-state index in [-0.39, 0.29) is 51.4 Å². The van der Waals surface area contributed by atoms with Gasteiger partial charge in [0, 0.05) is 68.4 Å². The fraction of sp³-hybridized carbons (Fsp3) is 0.520. The molecule has 18 heteroatoms. The highest BCUT2D eigenvalue weighted by molar-refractivity contribution is 5.97. The summed E-state index contributed by atoms with van der Waals surface area (Å²) in [5.74, 6) is 2.30. The molecule has 2 saturated heterocycles. The summed E-state index contributed by atoms with van der Waals surface area (Å²) in [4.78, 5) is 87.4. The Morgan fingerprint density at radius 2 is 1.79 bits per heavy atom. The number of nitrogens with one attached hydrogen (secondary N) is 2. The summed E-state index contributed by atoms with van der Waals surface area (Å²) in [6, 6.07) is 4.52. The quantitative estimate of drug-likeness (QED) is 0.141. The molecule has 2 fully saturated rings. The second-order valence-electron chi connectivity index (χ2n) is 19.9. The predicted molar refractivity (Wildman–Crippen MR) is 254 cm³/mol. The highest BCUT2D eigenvalue weighted by Crippen LogP contribution is 2.40. The van der Waals surface area contributed by atoms with Crippen LogP contribution in [0.2, 0.25) is 0 Å². The van der Waals surface area contributed by atoms with Crippen molar-refractivity contribution in [3.05, 3.63) is 60.3 Å². The zero-order valence-corrected chi connectivity index (χ0v) is 40.3. The van der Waals surface area contributed by atoms with Gasteiger partial charge in [0.05, 0.1) is 49.4 Å². The van der Waals surface area contributed by atoms with Gasteiger partial charge in [-0.2, -0.15) is 0 Å². The Labute approximate surface area is 397 Å². The number of aliphatic hydroxyl groups is 1. The average molecular weight is 933 g/mol. The number of amides is 4. The SMILES string of the molecule is CCn1c(-c2cncnc2)c2c3cc(ncc31)-c1cc(O)cc(c1)C[C@H](NC(=O)[C@H](C(C)C)N(C)C(=O)C1(O)CCN(C(=O)C#CCN(C)C)C1)C(=O)N1CCC[C@](C=O)(COCC(C)(C)C2)N1. The van der Waals surface area contributed by atoms with Crippen molar-refractivity contribution in [2.45, 2.75) is 96.5 Å². The lowest BCUT2D eigenvalue weighted by atomic mass is 9.84. The Bertz CT molecular complexity index is 2620. The van der Waals surface area contributed by atoms with E-state index in [4.69, 9.17) is 9.72 Å². The summed E-state index contributed by atoms with van der Waals surface area (Å²) in [7, 11) is 5.07. The van der Waals surface area contributed by atoms with Crippen molar-refractivity contribution in [1.82, 2.24) is 50.0 Å². The van der Waals surface area contributed by atoms with Crippen LogP contribution in [0.15, 0.2) is 49.2 Å². The number of hydrazine groups is 1. The highest BCUT2D eigenvalue weighted by atomic mass is 16.5. The molecule has 7 rings (SSSR count). The molecule has 1 aromatic carbocycles. The van der Waals surface area contributed by atoms with E-state index in [9.17, 15) is 34.2 Å². The van der Waals surface area contributed by atoms with Gasteiger partial charge in [-0.3, -0.25) is 34.1 Å². The predicted octanol–water partition coefficient (Wildman–Crippen LogP) is 2.59. The fourth-order valence-electron chi connectivity index (χ4n) is 9.79. The molecular formula is C50H64N10O8. The molecule has 6 heterocycles. The number of ether oxygens (including phenoxy) is 1. The lowest BCUT2D eigenvalue weighted by Gasteiger charge is -2.42. The van der Waals surface area contributed by atoms with Crippen LogP contribution in [0.5, 0.6) is 5.75 Å². The normalized spacial score (nSPS) is 22.3. The Kier molecular flexibility index (Phi) is 14.7. The molecule has 4 N–H and O–H groups in total. The molecule has 18 nitrogen and oxygen atoms in total. The van der Waals surface area contributed by atoms with Gasteiger partial charge in [0.15, 0.2) is 5.60 Å². The zero-order chi connectivity index (χ0) is 49.1. The molecule has 362 valence electrons. The number of aryl methyl sites for hydroxylation is 1. The first kappa shape index (κ1) is 49.6. The minimum Gasteiger partial charge on any atom is -0.508 e. The maximum Gasteiger partial charge on any atom is 0.298 e. The minimum atomic E-state index is -1.98. The Morgan fingerprint density at radius 3 is 2.49 bits per heavy atom. The summed E-state index contributed by atoms with van der Waals surface area (Å²) in [6.45, 7) is 11.0. The van der Waals surface area contributed by atoms with E-state index in [0.717, 1.165) is 34.0 Å². The van der Waals surface area contributed by atoms with Crippen molar-refractivity contribution in [3.63, 3.8) is 0 Å². The number of aromatic hydroxyl groups is 1. The van der Waals surface area contributed by atoms with Gasteiger partial charge >= 0.3 is 0 Å². The summed E-state index contributed by atoms with van der Waals surface area (Å²) < 4.78 is 8.61. The molecule has 0 radical (unpaired) electrons. The number of rotatable bonds is 9. The number of β-amino-alcohol motifs (C(OH)–C–C–N with tert-alkyl or cyclic N) is 1. The maximum absolute atomic E-state index is 14.9. The summed E-state index contributed by atoms with van der Waals surface area (Å²) in [5.41, 5.74) is 4.85. The molecule has 0 spiro atoms. The number of benzene rings is 1. The number of fused-ring (bicyclic) bond motifs is 6. The molecule has 68 heavy (non-hydrogen) atoms.